The third kappa shape index (κ3) is 3.66. The van der Waals surface area contributed by atoms with Gasteiger partial charge >= 0.3 is 0 Å². The van der Waals surface area contributed by atoms with Crippen LogP contribution in [0.4, 0.5) is 11.6 Å². The molecule has 2 unspecified atom stereocenters. The van der Waals surface area contributed by atoms with Gasteiger partial charge < -0.3 is 10.2 Å². The molecular weight excluding hydrogens is 260 g/mol. The number of nitrogens with one attached hydrogen (secondary N) is 1. The Kier molecular flexibility index (Phi) is 5.43. The summed E-state index contributed by atoms with van der Waals surface area (Å²) in [6.07, 6.45) is 3.25. The number of rotatable bonds is 5. The van der Waals surface area contributed by atoms with Gasteiger partial charge in [0.15, 0.2) is 0 Å². The Hall–Kier alpha value is -1.32. The highest BCUT2D eigenvalue weighted by Crippen LogP contribution is 2.30. The van der Waals surface area contributed by atoms with E-state index in [1.807, 2.05) is 0 Å². The van der Waals surface area contributed by atoms with E-state index < -0.39 is 0 Å². The minimum atomic E-state index is 0.727. The maximum absolute atomic E-state index is 4.82. The number of aromatic nitrogens is 2. The summed E-state index contributed by atoms with van der Waals surface area (Å²) in [5.41, 5.74) is 1.20. The third-order valence-electron chi connectivity index (χ3n) is 4.66. The van der Waals surface area contributed by atoms with E-state index in [4.69, 9.17) is 4.98 Å². The van der Waals surface area contributed by atoms with Crippen LogP contribution in [0.25, 0.3) is 0 Å². The Balaban J connectivity index is 2.29. The number of aryl methyl sites for hydroxylation is 1. The lowest BCUT2D eigenvalue weighted by molar-refractivity contribution is 0.322. The van der Waals surface area contributed by atoms with Gasteiger partial charge in [0, 0.05) is 31.6 Å². The van der Waals surface area contributed by atoms with Crippen LogP contribution < -0.4 is 10.2 Å². The first-order chi connectivity index (χ1) is 10.1. The van der Waals surface area contributed by atoms with E-state index in [0.29, 0.717) is 0 Å². The lowest BCUT2D eigenvalue weighted by atomic mass is 9.88. The predicted octanol–water partition coefficient (Wildman–Crippen LogP) is 3.65. The zero-order valence-corrected chi connectivity index (χ0v) is 14.2. The highest BCUT2D eigenvalue weighted by molar-refractivity contribution is 5.59. The van der Waals surface area contributed by atoms with E-state index in [2.05, 4.69) is 49.8 Å². The molecule has 0 amide bonds. The van der Waals surface area contributed by atoms with Gasteiger partial charge in [-0.05, 0) is 31.6 Å². The molecule has 0 saturated carbocycles. The summed E-state index contributed by atoms with van der Waals surface area (Å²) >= 11 is 0. The molecule has 1 fully saturated rings. The molecule has 0 radical (unpaired) electrons. The molecule has 1 saturated heterocycles. The predicted molar refractivity (Wildman–Crippen MR) is 90.1 cm³/mol. The molecule has 0 aromatic carbocycles. The van der Waals surface area contributed by atoms with Gasteiger partial charge in [0.05, 0.1) is 0 Å². The Morgan fingerprint density at radius 3 is 2.57 bits per heavy atom. The van der Waals surface area contributed by atoms with Crippen LogP contribution in [0.2, 0.25) is 0 Å². The number of piperidine rings is 1. The van der Waals surface area contributed by atoms with E-state index in [1.165, 1.54) is 12.0 Å². The molecule has 0 spiro atoms. The molecule has 2 heterocycles. The fourth-order valence-corrected chi connectivity index (χ4v) is 2.89. The van der Waals surface area contributed by atoms with Gasteiger partial charge in [-0.25, -0.2) is 9.97 Å². The van der Waals surface area contributed by atoms with E-state index in [-0.39, 0.29) is 0 Å². The summed E-state index contributed by atoms with van der Waals surface area (Å²) in [7, 11) is 0. The molecule has 1 aromatic heterocycles. The third-order valence-corrected chi connectivity index (χ3v) is 4.66. The summed E-state index contributed by atoms with van der Waals surface area (Å²) in [5.74, 6) is 4.64. The molecule has 4 nitrogen and oxygen atoms in total. The van der Waals surface area contributed by atoms with Crippen LogP contribution in [0.3, 0.4) is 0 Å². The summed E-state index contributed by atoms with van der Waals surface area (Å²) in [6.45, 7) is 14.3. The average molecular weight is 290 g/mol. The zero-order chi connectivity index (χ0) is 15.4. The van der Waals surface area contributed by atoms with Crippen LogP contribution in [0.15, 0.2) is 0 Å². The lowest BCUT2D eigenvalue weighted by Gasteiger charge is -2.37. The Morgan fingerprint density at radius 1 is 1.19 bits per heavy atom. The van der Waals surface area contributed by atoms with Crippen molar-refractivity contribution in [3.8, 4) is 0 Å². The Bertz CT molecular complexity index is 472. The maximum Gasteiger partial charge on any atom is 0.137 e. The van der Waals surface area contributed by atoms with Gasteiger partial charge in [-0.1, -0.05) is 27.7 Å². The van der Waals surface area contributed by atoms with Crippen molar-refractivity contribution < 1.29 is 0 Å². The molecular formula is C17H30N4. The minimum Gasteiger partial charge on any atom is -0.370 e. The Labute approximate surface area is 129 Å². The molecule has 4 heteroatoms. The van der Waals surface area contributed by atoms with Crippen molar-refractivity contribution in [2.75, 3.05) is 29.9 Å². The quantitative estimate of drug-likeness (QED) is 0.898. The van der Waals surface area contributed by atoms with Gasteiger partial charge in [0.25, 0.3) is 0 Å². The fraction of sp³-hybridized carbons (Fsp3) is 0.765. The summed E-state index contributed by atoms with van der Waals surface area (Å²) in [4.78, 5) is 11.9. The van der Waals surface area contributed by atoms with Gasteiger partial charge in [-0.15, -0.1) is 0 Å². The topological polar surface area (TPSA) is 41.1 Å². The monoisotopic (exact) mass is 290 g/mol. The lowest BCUT2D eigenvalue weighted by Crippen LogP contribution is -2.39. The first-order valence-corrected chi connectivity index (χ1v) is 8.43. The highest BCUT2D eigenvalue weighted by Gasteiger charge is 2.25. The Morgan fingerprint density at radius 2 is 1.95 bits per heavy atom. The first kappa shape index (κ1) is 16.1. The second-order valence-corrected chi connectivity index (χ2v) is 6.41. The summed E-state index contributed by atoms with van der Waals surface area (Å²) < 4.78 is 0. The van der Waals surface area contributed by atoms with E-state index in [9.17, 15) is 0 Å². The first-order valence-electron chi connectivity index (χ1n) is 8.43. The van der Waals surface area contributed by atoms with Crippen molar-refractivity contribution in [2.45, 2.75) is 53.9 Å². The van der Waals surface area contributed by atoms with Crippen LogP contribution in [0.5, 0.6) is 0 Å². The van der Waals surface area contributed by atoms with E-state index in [0.717, 1.165) is 61.8 Å². The molecule has 0 bridgehead atoms. The fourth-order valence-electron chi connectivity index (χ4n) is 2.89. The molecule has 0 aliphatic carbocycles. The van der Waals surface area contributed by atoms with Crippen LogP contribution in [0.1, 0.15) is 51.9 Å². The van der Waals surface area contributed by atoms with Gasteiger partial charge in [-0.2, -0.15) is 0 Å². The van der Waals surface area contributed by atoms with E-state index in [1.54, 1.807) is 0 Å². The number of anilines is 2. The maximum atomic E-state index is 4.82. The van der Waals surface area contributed by atoms with Crippen molar-refractivity contribution >= 4 is 11.6 Å². The smallest absolute Gasteiger partial charge is 0.137 e. The summed E-state index contributed by atoms with van der Waals surface area (Å²) in [6, 6.07) is 0. The van der Waals surface area contributed by atoms with E-state index >= 15 is 0 Å². The van der Waals surface area contributed by atoms with Crippen LogP contribution in [0, 0.1) is 18.8 Å². The van der Waals surface area contributed by atoms with Gasteiger partial charge in [-0.3, -0.25) is 0 Å². The number of hydrogen-bond donors (Lipinski definition) is 1. The minimum absolute atomic E-state index is 0.727. The largest absolute Gasteiger partial charge is 0.370 e. The van der Waals surface area contributed by atoms with Crippen molar-refractivity contribution in [3.05, 3.63) is 11.4 Å². The highest BCUT2D eigenvalue weighted by atomic mass is 15.2. The molecule has 2 rings (SSSR count). The van der Waals surface area contributed by atoms with Crippen LogP contribution >= 0.6 is 0 Å². The van der Waals surface area contributed by atoms with Crippen molar-refractivity contribution in [2.24, 2.45) is 11.8 Å². The van der Waals surface area contributed by atoms with Crippen LogP contribution in [-0.4, -0.2) is 29.6 Å². The molecule has 2 atom stereocenters. The van der Waals surface area contributed by atoms with Gasteiger partial charge in [0.1, 0.15) is 17.5 Å². The number of hydrogen-bond acceptors (Lipinski definition) is 4. The molecule has 1 aliphatic rings. The van der Waals surface area contributed by atoms with Crippen LogP contribution in [-0.2, 0) is 6.42 Å². The second-order valence-electron chi connectivity index (χ2n) is 6.41. The zero-order valence-electron chi connectivity index (χ0n) is 14.2. The van der Waals surface area contributed by atoms with Gasteiger partial charge in [0.2, 0.25) is 0 Å². The van der Waals surface area contributed by atoms with Crippen molar-refractivity contribution in [3.63, 3.8) is 0 Å². The van der Waals surface area contributed by atoms with Crippen molar-refractivity contribution in [1.29, 1.82) is 0 Å². The average Bonchev–Trinajstić information content (AvgIpc) is 2.49. The molecule has 118 valence electrons. The molecule has 1 N–H and O–H groups in total. The molecule has 1 aromatic rings. The van der Waals surface area contributed by atoms with Crippen molar-refractivity contribution in [1.82, 2.24) is 9.97 Å². The second kappa shape index (κ2) is 7.10. The summed E-state index contributed by atoms with van der Waals surface area (Å²) in [5, 5.41) is 3.46. The standard InChI is InChI=1S/C17H30N4/c1-6-9-18-16-14(5)17(20-15(7-2)19-16)21-10-8-12(3)13(4)11-21/h12-13H,6-11H2,1-5H3,(H,18,19,20). The molecule has 21 heavy (non-hydrogen) atoms. The normalized spacial score (nSPS) is 22.4. The molecule has 1 aliphatic heterocycles. The number of nitrogens with zero attached hydrogens (tertiary/aromatic N) is 3. The SMILES string of the molecule is CCCNc1nc(CC)nc(N2CCC(C)C(C)C2)c1C.